The Morgan fingerprint density at radius 1 is 1.21 bits per heavy atom. The number of benzene rings is 2. The molecule has 0 aliphatic carbocycles. The van der Waals surface area contributed by atoms with E-state index in [4.69, 9.17) is 16.3 Å². The second-order valence-corrected chi connectivity index (χ2v) is 5.06. The summed E-state index contributed by atoms with van der Waals surface area (Å²) < 4.78 is 6.44. The summed E-state index contributed by atoms with van der Waals surface area (Å²) in [6.07, 6.45) is 0. The van der Waals surface area contributed by atoms with Gasteiger partial charge >= 0.3 is 0 Å². The van der Waals surface area contributed by atoms with E-state index in [1.54, 1.807) is 24.3 Å². The fraction of sp³-hybridized carbons (Fsp3) is 0.0769. The number of halogens is 2. The van der Waals surface area contributed by atoms with Gasteiger partial charge in [-0.3, -0.25) is 10.1 Å². The van der Waals surface area contributed by atoms with Crippen molar-refractivity contribution in [1.29, 1.82) is 0 Å². The van der Waals surface area contributed by atoms with Crippen LogP contribution < -0.4 is 4.74 Å². The summed E-state index contributed by atoms with van der Waals surface area (Å²) in [7, 11) is 0. The molecule has 2 aromatic rings. The average Bonchev–Trinajstić information content (AvgIpc) is 2.39. The summed E-state index contributed by atoms with van der Waals surface area (Å²) in [6, 6.07) is 11.8. The second-order valence-electron chi connectivity index (χ2n) is 3.74. The second kappa shape index (κ2) is 6.04. The van der Waals surface area contributed by atoms with Crippen LogP contribution in [0.5, 0.6) is 5.75 Å². The van der Waals surface area contributed by atoms with Gasteiger partial charge in [-0.15, -0.1) is 0 Å². The van der Waals surface area contributed by atoms with Crippen molar-refractivity contribution in [3.8, 4) is 5.75 Å². The Labute approximate surface area is 123 Å². The van der Waals surface area contributed by atoms with E-state index in [9.17, 15) is 10.1 Å². The maximum atomic E-state index is 10.9. The highest BCUT2D eigenvalue weighted by atomic mass is 79.9. The number of nitro benzene ring substituents is 1. The Hall–Kier alpha value is -1.59. The molecule has 2 aromatic carbocycles. The monoisotopic (exact) mass is 341 g/mol. The van der Waals surface area contributed by atoms with Crippen molar-refractivity contribution in [2.45, 2.75) is 6.61 Å². The highest BCUT2D eigenvalue weighted by molar-refractivity contribution is 9.10. The minimum atomic E-state index is -0.466. The lowest BCUT2D eigenvalue weighted by atomic mass is 10.2. The molecule has 0 aromatic heterocycles. The molecule has 98 valence electrons. The maximum absolute atomic E-state index is 10.9. The SMILES string of the molecule is O=[N+]([O-])c1cccc(Cl)c1COc1ccc(Br)cc1. The third-order valence-electron chi connectivity index (χ3n) is 2.49. The van der Waals surface area contributed by atoms with Crippen LogP contribution in [0.4, 0.5) is 5.69 Å². The van der Waals surface area contributed by atoms with E-state index in [1.807, 2.05) is 12.1 Å². The van der Waals surface area contributed by atoms with Crippen LogP contribution in [0.15, 0.2) is 46.9 Å². The first-order chi connectivity index (χ1) is 9.08. The molecule has 0 unspecified atom stereocenters. The summed E-state index contributed by atoms with van der Waals surface area (Å²) in [6.45, 7) is 0.0532. The minimum Gasteiger partial charge on any atom is -0.489 e. The Morgan fingerprint density at radius 3 is 2.53 bits per heavy atom. The van der Waals surface area contributed by atoms with Crippen LogP contribution in [-0.4, -0.2) is 4.92 Å². The van der Waals surface area contributed by atoms with Gasteiger partial charge < -0.3 is 4.74 Å². The molecule has 0 aliphatic rings. The number of rotatable bonds is 4. The lowest BCUT2D eigenvalue weighted by Crippen LogP contribution is -2.01. The molecule has 19 heavy (non-hydrogen) atoms. The first-order valence-electron chi connectivity index (χ1n) is 5.38. The first-order valence-corrected chi connectivity index (χ1v) is 6.55. The van der Waals surface area contributed by atoms with Gasteiger partial charge in [-0.1, -0.05) is 33.6 Å². The molecule has 0 saturated heterocycles. The van der Waals surface area contributed by atoms with Gasteiger partial charge in [0.25, 0.3) is 5.69 Å². The Balaban J connectivity index is 2.19. The van der Waals surface area contributed by atoms with E-state index in [-0.39, 0.29) is 12.3 Å². The van der Waals surface area contributed by atoms with Crippen molar-refractivity contribution in [2.24, 2.45) is 0 Å². The molecular weight excluding hydrogens is 334 g/mol. The maximum Gasteiger partial charge on any atom is 0.277 e. The molecule has 0 radical (unpaired) electrons. The van der Waals surface area contributed by atoms with E-state index < -0.39 is 4.92 Å². The molecule has 6 heteroatoms. The predicted molar refractivity (Wildman–Crippen MR) is 76.6 cm³/mol. The number of hydrogen-bond acceptors (Lipinski definition) is 3. The topological polar surface area (TPSA) is 52.4 Å². The zero-order valence-corrected chi connectivity index (χ0v) is 12.0. The number of nitrogens with zero attached hydrogens (tertiary/aromatic N) is 1. The highest BCUT2D eigenvalue weighted by Crippen LogP contribution is 2.27. The van der Waals surface area contributed by atoms with Gasteiger partial charge in [0.2, 0.25) is 0 Å². The van der Waals surface area contributed by atoms with Crippen LogP contribution in [0.2, 0.25) is 5.02 Å². The molecule has 0 atom stereocenters. The van der Waals surface area contributed by atoms with E-state index >= 15 is 0 Å². The zero-order chi connectivity index (χ0) is 13.8. The Kier molecular flexibility index (Phi) is 4.39. The standard InChI is InChI=1S/C13H9BrClNO3/c14-9-4-6-10(7-5-9)19-8-11-12(15)2-1-3-13(11)16(17)18/h1-7H,8H2. The third kappa shape index (κ3) is 3.45. The predicted octanol–water partition coefficient (Wildman–Crippen LogP) is 4.59. The van der Waals surface area contributed by atoms with Crippen LogP contribution in [0.3, 0.4) is 0 Å². The summed E-state index contributed by atoms with van der Waals surface area (Å²) in [5, 5.41) is 11.2. The summed E-state index contributed by atoms with van der Waals surface area (Å²) in [5.41, 5.74) is 0.335. The molecule has 0 saturated carbocycles. The number of hydrogen-bond donors (Lipinski definition) is 0. The van der Waals surface area contributed by atoms with Gasteiger partial charge in [-0.2, -0.15) is 0 Å². The van der Waals surface area contributed by atoms with Crippen molar-refractivity contribution in [2.75, 3.05) is 0 Å². The number of nitro groups is 1. The van der Waals surface area contributed by atoms with Crippen LogP contribution in [0, 0.1) is 10.1 Å². The van der Waals surface area contributed by atoms with Crippen LogP contribution in [-0.2, 0) is 6.61 Å². The molecule has 0 heterocycles. The molecule has 0 N–H and O–H groups in total. The van der Waals surface area contributed by atoms with Gasteiger partial charge in [0.15, 0.2) is 0 Å². The molecule has 4 nitrogen and oxygen atoms in total. The quantitative estimate of drug-likeness (QED) is 0.603. The highest BCUT2D eigenvalue weighted by Gasteiger charge is 2.16. The first kappa shape index (κ1) is 13.8. The Bertz CT molecular complexity index is 601. The zero-order valence-electron chi connectivity index (χ0n) is 9.68. The molecule has 0 fully saturated rings. The van der Waals surface area contributed by atoms with Gasteiger partial charge in [-0.25, -0.2) is 0 Å². The lowest BCUT2D eigenvalue weighted by Gasteiger charge is -2.08. The van der Waals surface area contributed by atoms with Crippen molar-refractivity contribution < 1.29 is 9.66 Å². The van der Waals surface area contributed by atoms with E-state index in [2.05, 4.69) is 15.9 Å². The average molecular weight is 343 g/mol. The third-order valence-corrected chi connectivity index (χ3v) is 3.37. The Morgan fingerprint density at radius 2 is 1.89 bits per heavy atom. The molecule has 0 aliphatic heterocycles. The number of ether oxygens (including phenoxy) is 1. The van der Waals surface area contributed by atoms with Gasteiger partial charge in [-0.05, 0) is 30.3 Å². The summed E-state index contributed by atoms with van der Waals surface area (Å²) in [5.74, 6) is 0.623. The van der Waals surface area contributed by atoms with E-state index in [0.29, 0.717) is 16.3 Å². The van der Waals surface area contributed by atoms with Crippen LogP contribution in [0.1, 0.15) is 5.56 Å². The van der Waals surface area contributed by atoms with Crippen molar-refractivity contribution in [1.82, 2.24) is 0 Å². The van der Waals surface area contributed by atoms with Gasteiger partial charge in [0.1, 0.15) is 12.4 Å². The molecule has 0 bridgehead atoms. The van der Waals surface area contributed by atoms with Crippen molar-refractivity contribution in [3.05, 3.63) is 67.6 Å². The van der Waals surface area contributed by atoms with E-state index in [0.717, 1.165) is 4.47 Å². The molecule has 2 rings (SSSR count). The summed E-state index contributed by atoms with van der Waals surface area (Å²) >= 11 is 9.29. The largest absolute Gasteiger partial charge is 0.489 e. The molecule has 0 spiro atoms. The fourth-order valence-electron chi connectivity index (χ4n) is 1.55. The lowest BCUT2D eigenvalue weighted by molar-refractivity contribution is -0.385. The van der Waals surface area contributed by atoms with Crippen molar-refractivity contribution >= 4 is 33.2 Å². The van der Waals surface area contributed by atoms with Gasteiger partial charge in [0.05, 0.1) is 15.5 Å². The smallest absolute Gasteiger partial charge is 0.277 e. The van der Waals surface area contributed by atoms with Crippen molar-refractivity contribution in [3.63, 3.8) is 0 Å². The normalized spacial score (nSPS) is 10.2. The molecule has 0 amide bonds. The van der Waals surface area contributed by atoms with E-state index in [1.165, 1.54) is 6.07 Å². The van der Waals surface area contributed by atoms with Crippen LogP contribution in [0.25, 0.3) is 0 Å². The fourth-order valence-corrected chi connectivity index (χ4v) is 2.04. The molecular formula is C13H9BrClNO3. The minimum absolute atomic E-state index is 0.0374. The summed E-state index contributed by atoms with van der Waals surface area (Å²) in [4.78, 5) is 10.4. The van der Waals surface area contributed by atoms with Gasteiger partial charge in [0, 0.05) is 10.5 Å². The van der Waals surface area contributed by atoms with Crippen LogP contribution >= 0.6 is 27.5 Å².